The summed E-state index contributed by atoms with van der Waals surface area (Å²) in [5.74, 6) is 1.58. The first kappa shape index (κ1) is 7.08. The third-order valence-corrected chi connectivity index (χ3v) is 3.05. The van der Waals surface area contributed by atoms with Gasteiger partial charge in [-0.1, -0.05) is 18.9 Å². The Balaban J connectivity index is 2.07. The summed E-state index contributed by atoms with van der Waals surface area (Å²) in [6.07, 6.45) is 9.72. The zero-order chi connectivity index (χ0) is 7.68. The molecular formula is C10H14O. The van der Waals surface area contributed by atoms with Gasteiger partial charge in [0.1, 0.15) is 6.29 Å². The SMILES string of the molecule is O=CC1=CC2CCCCC2C1. The predicted octanol–water partition coefficient (Wildman–Crippen LogP) is 2.32. The molecule has 0 bridgehead atoms. The van der Waals surface area contributed by atoms with Crippen LogP contribution in [0.4, 0.5) is 0 Å². The van der Waals surface area contributed by atoms with Crippen LogP contribution in [-0.2, 0) is 4.79 Å². The Morgan fingerprint density at radius 2 is 2.18 bits per heavy atom. The number of aldehydes is 1. The van der Waals surface area contributed by atoms with Gasteiger partial charge in [0.25, 0.3) is 0 Å². The van der Waals surface area contributed by atoms with Crippen LogP contribution in [0.1, 0.15) is 32.1 Å². The second kappa shape index (κ2) is 2.80. The molecule has 0 aromatic heterocycles. The van der Waals surface area contributed by atoms with Gasteiger partial charge in [0.05, 0.1) is 0 Å². The molecule has 2 aliphatic carbocycles. The average Bonchev–Trinajstić information content (AvgIpc) is 2.46. The molecule has 0 radical (unpaired) electrons. The van der Waals surface area contributed by atoms with Gasteiger partial charge in [-0.25, -0.2) is 0 Å². The van der Waals surface area contributed by atoms with Gasteiger partial charge in [-0.3, -0.25) is 4.79 Å². The van der Waals surface area contributed by atoms with Gasteiger partial charge in [0.2, 0.25) is 0 Å². The molecule has 1 saturated carbocycles. The van der Waals surface area contributed by atoms with Crippen molar-refractivity contribution in [3.63, 3.8) is 0 Å². The first-order valence-electron chi connectivity index (χ1n) is 4.56. The van der Waals surface area contributed by atoms with Crippen LogP contribution in [-0.4, -0.2) is 6.29 Å². The minimum absolute atomic E-state index is 0.754. The highest BCUT2D eigenvalue weighted by Gasteiger charge is 2.29. The maximum Gasteiger partial charge on any atom is 0.145 e. The Labute approximate surface area is 67.5 Å². The van der Waals surface area contributed by atoms with Crippen molar-refractivity contribution in [1.29, 1.82) is 0 Å². The van der Waals surface area contributed by atoms with E-state index in [1.165, 1.54) is 25.7 Å². The highest BCUT2D eigenvalue weighted by molar-refractivity contribution is 5.74. The molecule has 1 fully saturated rings. The first-order chi connectivity index (χ1) is 5.40. The summed E-state index contributed by atoms with van der Waals surface area (Å²) >= 11 is 0. The molecule has 0 N–H and O–H groups in total. The first-order valence-corrected chi connectivity index (χ1v) is 4.56. The monoisotopic (exact) mass is 150 g/mol. The largest absolute Gasteiger partial charge is 0.298 e. The minimum Gasteiger partial charge on any atom is -0.298 e. The highest BCUT2D eigenvalue weighted by atomic mass is 16.1. The van der Waals surface area contributed by atoms with Crippen molar-refractivity contribution in [3.05, 3.63) is 11.6 Å². The lowest BCUT2D eigenvalue weighted by molar-refractivity contribution is -0.105. The smallest absolute Gasteiger partial charge is 0.145 e. The second-order valence-corrected chi connectivity index (χ2v) is 3.77. The Kier molecular flexibility index (Phi) is 1.80. The molecule has 0 amide bonds. The second-order valence-electron chi connectivity index (χ2n) is 3.77. The molecule has 2 unspecified atom stereocenters. The third kappa shape index (κ3) is 1.24. The molecule has 1 heteroatoms. The summed E-state index contributed by atoms with van der Waals surface area (Å²) in [5, 5.41) is 0. The maximum atomic E-state index is 10.5. The molecule has 0 aliphatic heterocycles. The van der Waals surface area contributed by atoms with E-state index >= 15 is 0 Å². The van der Waals surface area contributed by atoms with Crippen LogP contribution in [0.25, 0.3) is 0 Å². The van der Waals surface area contributed by atoms with Gasteiger partial charge < -0.3 is 0 Å². The van der Waals surface area contributed by atoms with Crippen molar-refractivity contribution >= 4 is 6.29 Å². The van der Waals surface area contributed by atoms with Crippen LogP contribution in [0.3, 0.4) is 0 Å². The van der Waals surface area contributed by atoms with Crippen LogP contribution in [0.5, 0.6) is 0 Å². The summed E-state index contributed by atoms with van der Waals surface area (Å²) < 4.78 is 0. The summed E-state index contributed by atoms with van der Waals surface area (Å²) in [4.78, 5) is 10.5. The lowest BCUT2D eigenvalue weighted by Crippen LogP contribution is -2.12. The molecule has 0 saturated heterocycles. The maximum absolute atomic E-state index is 10.5. The number of rotatable bonds is 1. The van der Waals surface area contributed by atoms with Crippen LogP contribution >= 0.6 is 0 Å². The molecule has 11 heavy (non-hydrogen) atoms. The van der Waals surface area contributed by atoms with Crippen molar-refractivity contribution < 1.29 is 4.79 Å². The molecule has 0 heterocycles. The molecule has 0 aromatic rings. The molecule has 2 rings (SSSR count). The van der Waals surface area contributed by atoms with E-state index in [4.69, 9.17) is 0 Å². The lowest BCUT2D eigenvalue weighted by Gasteiger charge is -2.23. The molecular weight excluding hydrogens is 136 g/mol. The van der Waals surface area contributed by atoms with E-state index in [1.807, 2.05) is 0 Å². The van der Waals surface area contributed by atoms with Crippen LogP contribution in [0, 0.1) is 11.8 Å². The molecule has 2 aliphatic rings. The predicted molar refractivity (Wildman–Crippen MR) is 44.2 cm³/mol. The topological polar surface area (TPSA) is 17.1 Å². The van der Waals surface area contributed by atoms with Gasteiger partial charge in [-0.2, -0.15) is 0 Å². The van der Waals surface area contributed by atoms with E-state index < -0.39 is 0 Å². The van der Waals surface area contributed by atoms with Gasteiger partial charge in [-0.15, -0.1) is 0 Å². The molecule has 0 spiro atoms. The minimum atomic E-state index is 0.754. The summed E-state index contributed by atoms with van der Waals surface area (Å²) in [6.45, 7) is 0. The fourth-order valence-corrected chi connectivity index (χ4v) is 2.44. The molecule has 60 valence electrons. The van der Waals surface area contributed by atoms with E-state index in [2.05, 4.69) is 6.08 Å². The zero-order valence-electron chi connectivity index (χ0n) is 6.75. The molecule has 1 nitrogen and oxygen atoms in total. The van der Waals surface area contributed by atoms with E-state index in [1.54, 1.807) is 0 Å². The van der Waals surface area contributed by atoms with Crippen LogP contribution < -0.4 is 0 Å². The summed E-state index contributed by atoms with van der Waals surface area (Å²) in [5.41, 5.74) is 1.06. The molecule has 0 aromatic carbocycles. The van der Waals surface area contributed by atoms with Crippen molar-refractivity contribution in [2.75, 3.05) is 0 Å². The fraction of sp³-hybridized carbons (Fsp3) is 0.700. The van der Waals surface area contributed by atoms with Gasteiger partial charge >= 0.3 is 0 Å². The number of carbonyl (C=O) groups is 1. The third-order valence-electron chi connectivity index (χ3n) is 3.05. The van der Waals surface area contributed by atoms with Crippen molar-refractivity contribution in [2.24, 2.45) is 11.8 Å². The summed E-state index contributed by atoms with van der Waals surface area (Å²) in [7, 11) is 0. The number of carbonyl (C=O) groups excluding carboxylic acids is 1. The fourth-order valence-electron chi connectivity index (χ4n) is 2.44. The number of hydrogen-bond donors (Lipinski definition) is 0. The standard InChI is InChI=1S/C10H14O/c11-7-8-5-9-3-1-2-4-10(9)6-8/h5,7,9-10H,1-4,6H2. The number of hydrogen-bond acceptors (Lipinski definition) is 1. The quantitative estimate of drug-likeness (QED) is 0.524. The zero-order valence-corrected chi connectivity index (χ0v) is 6.75. The van der Waals surface area contributed by atoms with Gasteiger partial charge in [-0.05, 0) is 36.7 Å². The number of fused-ring (bicyclic) bond motifs is 1. The average molecular weight is 150 g/mol. The van der Waals surface area contributed by atoms with E-state index in [0.717, 1.165) is 30.1 Å². The summed E-state index contributed by atoms with van der Waals surface area (Å²) in [6, 6.07) is 0. The van der Waals surface area contributed by atoms with Gasteiger partial charge in [0.15, 0.2) is 0 Å². The van der Waals surface area contributed by atoms with E-state index in [0.29, 0.717) is 0 Å². The highest BCUT2D eigenvalue weighted by Crippen LogP contribution is 2.40. The van der Waals surface area contributed by atoms with Gasteiger partial charge in [0, 0.05) is 0 Å². The van der Waals surface area contributed by atoms with Crippen LogP contribution in [0.15, 0.2) is 11.6 Å². The Morgan fingerprint density at radius 3 is 2.91 bits per heavy atom. The van der Waals surface area contributed by atoms with Crippen molar-refractivity contribution in [3.8, 4) is 0 Å². The lowest BCUT2D eigenvalue weighted by atomic mass is 9.81. The number of allylic oxidation sites excluding steroid dienone is 2. The van der Waals surface area contributed by atoms with Crippen molar-refractivity contribution in [1.82, 2.24) is 0 Å². The Morgan fingerprint density at radius 1 is 1.36 bits per heavy atom. The Bertz CT molecular complexity index is 193. The Hall–Kier alpha value is -0.590. The van der Waals surface area contributed by atoms with Crippen LogP contribution in [0.2, 0.25) is 0 Å². The van der Waals surface area contributed by atoms with E-state index in [-0.39, 0.29) is 0 Å². The normalized spacial score (nSPS) is 36.2. The van der Waals surface area contributed by atoms with E-state index in [9.17, 15) is 4.79 Å². The van der Waals surface area contributed by atoms with Crippen molar-refractivity contribution in [2.45, 2.75) is 32.1 Å². The molecule has 2 atom stereocenters.